The maximum atomic E-state index is 14.2. The molecule has 6 rings (SSSR count). The minimum Gasteiger partial charge on any atom is -0.508 e. The number of aromatic nitrogens is 1. The highest BCUT2D eigenvalue weighted by Crippen LogP contribution is 2.47. The number of allylic oxidation sites excluding steroid dienone is 1. The quantitative estimate of drug-likeness (QED) is 0.0376. The standard InChI is InChI=1S/C48H56N2O8Si/c1-48(2,3)59(37-18-7-4-8-19-37,38-20-9-5-10-21-38)58-32-35-30-39-45(47(57)50(46(39)56)27-14-6-11-23-43(54)55)40(31-51)44(35)42(53)25-24-34(41-22-12-13-26-49-41)28-33-16-15-17-36(52)29-33/h4-5,7-10,12-13,15-22,26,28-29,39-40,42,45,51-53H,6,11,14,23-25,27,30-32H2,1-3H3,(H,54,55)/b34-28-/t39-,40+,42-,45-/m1/s1. The predicted octanol–water partition coefficient (Wildman–Crippen LogP) is 6.60. The van der Waals surface area contributed by atoms with Gasteiger partial charge in [0, 0.05) is 25.1 Å². The molecule has 0 saturated carbocycles. The van der Waals surface area contributed by atoms with Crippen LogP contribution in [0.15, 0.2) is 120 Å². The number of phenols is 1. The molecule has 59 heavy (non-hydrogen) atoms. The average molecular weight is 817 g/mol. The Balaban J connectivity index is 1.39. The molecule has 4 aromatic rings. The van der Waals surface area contributed by atoms with Crippen molar-refractivity contribution in [3.63, 3.8) is 0 Å². The predicted molar refractivity (Wildman–Crippen MR) is 231 cm³/mol. The number of hydrogen-bond acceptors (Lipinski definition) is 8. The van der Waals surface area contributed by atoms with Gasteiger partial charge in [-0.2, -0.15) is 0 Å². The van der Waals surface area contributed by atoms with E-state index < -0.39 is 44.8 Å². The summed E-state index contributed by atoms with van der Waals surface area (Å²) in [5.41, 5.74) is 3.56. The third kappa shape index (κ3) is 9.65. The van der Waals surface area contributed by atoms with E-state index in [4.69, 9.17) is 9.53 Å². The molecule has 10 nitrogen and oxygen atoms in total. The molecule has 0 bridgehead atoms. The number of pyridine rings is 1. The summed E-state index contributed by atoms with van der Waals surface area (Å²) in [6.45, 7) is 6.35. The first kappa shape index (κ1) is 43.4. The molecular formula is C48H56N2O8Si. The zero-order chi connectivity index (χ0) is 42.2. The van der Waals surface area contributed by atoms with Gasteiger partial charge in [0.2, 0.25) is 11.8 Å². The normalized spacial score (nSPS) is 19.2. The number of aromatic hydroxyl groups is 1. The smallest absolute Gasteiger partial charge is 0.303 e. The van der Waals surface area contributed by atoms with E-state index in [9.17, 15) is 29.7 Å². The molecule has 11 heteroatoms. The zero-order valence-corrected chi connectivity index (χ0v) is 35.2. The number of nitrogens with zero attached hydrogens (tertiary/aromatic N) is 2. The third-order valence-corrected chi connectivity index (χ3v) is 16.9. The fourth-order valence-electron chi connectivity index (χ4n) is 9.15. The number of imide groups is 1. The Morgan fingerprint density at radius 2 is 1.58 bits per heavy atom. The topological polar surface area (TPSA) is 157 Å². The second-order valence-electron chi connectivity index (χ2n) is 16.7. The Labute approximate surface area is 348 Å². The lowest BCUT2D eigenvalue weighted by Crippen LogP contribution is -2.66. The van der Waals surface area contributed by atoms with Crippen molar-refractivity contribution in [2.45, 2.75) is 76.9 Å². The highest BCUT2D eigenvalue weighted by Gasteiger charge is 2.56. The lowest BCUT2D eigenvalue weighted by Gasteiger charge is -2.44. The van der Waals surface area contributed by atoms with Gasteiger partial charge in [0.1, 0.15) is 5.75 Å². The second kappa shape index (κ2) is 19.2. The molecule has 1 aliphatic heterocycles. The number of aliphatic hydroxyl groups is 2. The van der Waals surface area contributed by atoms with Crippen LogP contribution in [0.4, 0.5) is 0 Å². The number of aliphatic hydroxyl groups excluding tert-OH is 2. The van der Waals surface area contributed by atoms with Crippen LogP contribution in [0.3, 0.4) is 0 Å². The zero-order valence-electron chi connectivity index (χ0n) is 34.2. The van der Waals surface area contributed by atoms with E-state index in [-0.39, 0.29) is 55.0 Å². The number of phenolic OH excluding ortho intramolecular Hbond substituents is 1. The van der Waals surface area contributed by atoms with Gasteiger partial charge < -0.3 is 24.9 Å². The summed E-state index contributed by atoms with van der Waals surface area (Å²) in [5, 5.41) is 44.7. The van der Waals surface area contributed by atoms with Crippen molar-refractivity contribution in [1.82, 2.24) is 9.88 Å². The van der Waals surface area contributed by atoms with Crippen molar-refractivity contribution in [2.24, 2.45) is 17.8 Å². The highest BCUT2D eigenvalue weighted by atomic mass is 28.4. The Kier molecular flexibility index (Phi) is 14.1. The van der Waals surface area contributed by atoms with Crippen LogP contribution in [0.25, 0.3) is 11.6 Å². The number of likely N-dealkylation sites (tertiary alicyclic amines) is 1. The van der Waals surface area contributed by atoms with Crippen LogP contribution >= 0.6 is 0 Å². The van der Waals surface area contributed by atoms with Crippen molar-refractivity contribution < 1.29 is 39.2 Å². The molecule has 4 N–H and O–H groups in total. The number of unbranched alkanes of at least 4 members (excludes halogenated alkanes) is 2. The maximum Gasteiger partial charge on any atom is 0.303 e. The van der Waals surface area contributed by atoms with E-state index in [2.05, 4.69) is 50.0 Å². The number of carbonyl (C=O) groups excluding carboxylic acids is 2. The molecular weight excluding hydrogens is 761 g/mol. The van der Waals surface area contributed by atoms with Gasteiger partial charge in [-0.25, -0.2) is 0 Å². The summed E-state index contributed by atoms with van der Waals surface area (Å²) >= 11 is 0. The van der Waals surface area contributed by atoms with E-state index in [0.29, 0.717) is 42.5 Å². The van der Waals surface area contributed by atoms with Gasteiger partial charge >= 0.3 is 5.97 Å². The van der Waals surface area contributed by atoms with Crippen LogP contribution in [0.2, 0.25) is 5.04 Å². The number of aliphatic carboxylic acids is 1. The van der Waals surface area contributed by atoms with Crippen LogP contribution < -0.4 is 10.4 Å². The lowest BCUT2D eigenvalue weighted by molar-refractivity contribution is -0.141. The molecule has 2 aliphatic rings. The maximum absolute atomic E-state index is 14.2. The van der Waals surface area contributed by atoms with E-state index in [1.807, 2.05) is 66.7 Å². The van der Waals surface area contributed by atoms with Crippen molar-refractivity contribution >= 4 is 48.1 Å². The molecule has 1 saturated heterocycles. The Hall–Kier alpha value is -5.20. The Morgan fingerprint density at radius 1 is 0.898 bits per heavy atom. The van der Waals surface area contributed by atoms with E-state index in [1.54, 1.807) is 24.4 Å². The van der Waals surface area contributed by atoms with Crippen LogP contribution in [0.1, 0.15) is 77.0 Å². The molecule has 2 heterocycles. The molecule has 0 spiro atoms. The summed E-state index contributed by atoms with van der Waals surface area (Å²) in [5.74, 6) is -3.85. The number of fused-ring (bicyclic) bond motifs is 1. The van der Waals surface area contributed by atoms with Crippen LogP contribution in [0.5, 0.6) is 5.75 Å². The van der Waals surface area contributed by atoms with Gasteiger partial charge in [0.05, 0.1) is 36.8 Å². The van der Waals surface area contributed by atoms with Crippen LogP contribution in [0, 0.1) is 17.8 Å². The molecule has 1 fully saturated rings. The van der Waals surface area contributed by atoms with Gasteiger partial charge in [-0.1, -0.05) is 106 Å². The fourth-order valence-corrected chi connectivity index (χ4v) is 13.7. The fraction of sp³-hybridized carbons (Fsp3) is 0.375. The van der Waals surface area contributed by atoms with E-state index in [1.165, 1.54) is 4.90 Å². The van der Waals surface area contributed by atoms with Gasteiger partial charge in [-0.3, -0.25) is 24.3 Å². The average Bonchev–Trinajstić information content (AvgIpc) is 3.46. The molecule has 1 aromatic heterocycles. The van der Waals surface area contributed by atoms with Crippen molar-refractivity contribution in [1.29, 1.82) is 0 Å². The second-order valence-corrected chi connectivity index (χ2v) is 21.0. The number of amides is 2. The molecule has 0 unspecified atom stereocenters. The Morgan fingerprint density at radius 3 is 2.17 bits per heavy atom. The summed E-state index contributed by atoms with van der Waals surface area (Å²) in [6.07, 6.45) is 4.82. The number of hydrogen-bond donors (Lipinski definition) is 4. The van der Waals surface area contributed by atoms with Gasteiger partial charge in [-0.05, 0) is 100 Å². The first-order chi connectivity index (χ1) is 28.4. The molecule has 0 radical (unpaired) electrons. The van der Waals surface area contributed by atoms with Crippen molar-refractivity contribution in [3.8, 4) is 5.75 Å². The van der Waals surface area contributed by atoms with Gasteiger partial charge in [-0.15, -0.1) is 0 Å². The third-order valence-electron chi connectivity index (χ3n) is 11.9. The van der Waals surface area contributed by atoms with Crippen molar-refractivity contribution in [2.75, 3.05) is 19.8 Å². The molecule has 310 valence electrons. The summed E-state index contributed by atoms with van der Waals surface area (Å²) in [4.78, 5) is 45.3. The number of rotatable bonds is 18. The number of carboxylic acids is 1. The Bertz CT molecular complexity index is 2090. The number of carbonyl (C=O) groups is 3. The van der Waals surface area contributed by atoms with Crippen LogP contribution in [-0.4, -0.2) is 82.3 Å². The summed E-state index contributed by atoms with van der Waals surface area (Å²) in [6, 6.07) is 33.0. The number of carboxylic acid groups (broad SMARTS) is 1. The monoisotopic (exact) mass is 816 g/mol. The van der Waals surface area contributed by atoms with Crippen LogP contribution in [-0.2, 0) is 18.8 Å². The molecule has 1 aliphatic carbocycles. The number of benzene rings is 3. The molecule has 3 aromatic carbocycles. The van der Waals surface area contributed by atoms with E-state index in [0.717, 1.165) is 21.5 Å². The van der Waals surface area contributed by atoms with Crippen molar-refractivity contribution in [3.05, 3.63) is 132 Å². The van der Waals surface area contributed by atoms with Gasteiger partial charge in [0.15, 0.2) is 0 Å². The first-order valence-corrected chi connectivity index (χ1v) is 22.5. The SMILES string of the molecule is CC(C)(C)[Si](OCC1=C([C@H](O)CC/C(=C/c2cccc(O)c2)c2ccccn2)[C@H](CO)[C@@H]2C(=O)N(CCCCCC(=O)O)C(=O)[C@@H]2C1)(c1ccccc1)c1ccccc1. The minimum absolute atomic E-state index is 0.0185. The summed E-state index contributed by atoms with van der Waals surface area (Å²) < 4.78 is 7.40. The largest absolute Gasteiger partial charge is 0.508 e. The van der Waals surface area contributed by atoms with Gasteiger partial charge in [0.25, 0.3) is 8.32 Å². The first-order valence-electron chi connectivity index (χ1n) is 20.6. The minimum atomic E-state index is -3.09. The highest BCUT2D eigenvalue weighted by molar-refractivity contribution is 6.99. The molecule has 2 amide bonds. The summed E-state index contributed by atoms with van der Waals surface area (Å²) in [7, 11) is -3.09. The molecule has 4 atom stereocenters. The van der Waals surface area contributed by atoms with E-state index >= 15 is 0 Å². The lowest BCUT2D eigenvalue weighted by atomic mass is 9.68.